The Morgan fingerprint density at radius 2 is 2.05 bits per heavy atom. The Balaban J connectivity index is 2.88. The summed E-state index contributed by atoms with van der Waals surface area (Å²) < 4.78 is 1.50. The van der Waals surface area contributed by atoms with Crippen LogP contribution in [0.1, 0.15) is 20.0 Å². The molecular weight excluding hydrogens is 270 g/mol. The van der Waals surface area contributed by atoms with Crippen molar-refractivity contribution < 1.29 is 19.8 Å². The molecule has 7 heteroatoms. The van der Waals surface area contributed by atoms with Crippen LogP contribution in [0.25, 0.3) is 10.2 Å². The second-order valence-corrected chi connectivity index (χ2v) is 4.78. The van der Waals surface area contributed by atoms with Crippen LogP contribution in [0.3, 0.4) is 0 Å². The van der Waals surface area contributed by atoms with Crippen LogP contribution >= 0.6 is 11.3 Å². The van der Waals surface area contributed by atoms with E-state index in [-0.39, 0.29) is 22.4 Å². The van der Waals surface area contributed by atoms with Crippen molar-refractivity contribution >= 4 is 33.5 Å². The van der Waals surface area contributed by atoms with E-state index in [9.17, 15) is 14.4 Å². The number of aromatic carboxylic acids is 2. The number of fused-ring (bicyclic) bond motifs is 1. The normalized spacial score (nSPS) is 10.5. The molecule has 0 saturated heterocycles. The zero-order chi connectivity index (χ0) is 14.2. The lowest BCUT2D eigenvalue weighted by atomic mass is 10.2. The first kappa shape index (κ1) is 13.0. The zero-order valence-electron chi connectivity index (χ0n) is 9.62. The lowest BCUT2D eigenvalue weighted by Gasteiger charge is -2.06. The summed E-state index contributed by atoms with van der Waals surface area (Å²) in [5.41, 5.74) is -1.06. The van der Waals surface area contributed by atoms with Crippen LogP contribution < -0.4 is 5.43 Å². The first-order valence-electron chi connectivity index (χ1n) is 5.20. The molecule has 0 amide bonds. The fourth-order valence-corrected chi connectivity index (χ4v) is 2.69. The number of carbonyl (C=O) groups is 2. The van der Waals surface area contributed by atoms with Crippen molar-refractivity contribution in [3.8, 4) is 0 Å². The van der Waals surface area contributed by atoms with Gasteiger partial charge in [-0.05, 0) is 6.07 Å². The summed E-state index contributed by atoms with van der Waals surface area (Å²) >= 11 is 0.929. The zero-order valence-corrected chi connectivity index (χ0v) is 10.4. The van der Waals surface area contributed by atoms with Gasteiger partial charge in [0.05, 0.1) is 5.39 Å². The molecule has 0 spiro atoms. The predicted octanol–water partition coefficient (Wildman–Crippen LogP) is 1.65. The molecule has 0 aliphatic rings. The fourth-order valence-electron chi connectivity index (χ4n) is 1.71. The van der Waals surface area contributed by atoms with Gasteiger partial charge in [0.15, 0.2) is 0 Å². The number of carboxylic acid groups (broad SMARTS) is 2. The smallest absolute Gasteiger partial charge is 0.345 e. The lowest BCUT2D eigenvalue weighted by molar-refractivity contribution is 0.0687. The number of thiophene rings is 1. The first-order chi connectivity index (χ1) is 8.95. The number of nitrogens with zero attached hydrogens (tertiary/aromatic N) is 1. The third-order valence-electron chi connectivity index (χ3n) is 2.51. The number of pyridine rings is 1. The minimum Gasteiger partial charge on any atom is -0.477 e. The highest BCUT2D eigenvalue weighted by atomic mass is 32.1. The molecule has 2 rings (SSSR count). The summed E-state index contributed by atoms with van der Waals surface area (Å²) in [5.74, 6) is -2.49. The summed E-state index contributed by atoms with van der Waals surface area (Å²) in [7, 11) is 0. The van der Waals surface area contributed by atoms with Gasteiger partial charge < -0.3 is 14.8 Å². The third kappa shape index (κ3) is 2.15. The van der Waals surface area contributed by atoms with Gasteiger partial charge in [0.2, 0.25) is 5.43 Å². The number of allylic oxidation sites excluding steroid dienone is 1. The molecule has 2 N–H and O–H groups in total. The second-order valence-electron chi connectivity index (χ2n) is 3.75. The molecule has 2 aromatic heterocycles. The van der Waals surface area contributed by atoms with Crippen molar-refractivity contribution in [2.45, 2.75) is 6.54 Å². The highest BCUT2D eigenvalue weighted by molar-refractivity contribution is 7.20. The van der Waals surface area contributed by atoms with Crippen molar-refractivity contribution in [2.24, 2.45) is 0 Å². The monoisotopic (exact) mass is 279 g/mol. The Labute approximate surface area is 110 Å². The van der Waals surface area contributed by atoms with Crippen molar-refractivity contribution in [1.29, 1.82) is 0 Å². The molecule has 0 saturated carbocycles. The van der Waals surface area contributed by atoms with E-state index in [1.54, 1.807) is 0 Å². The van der Waals surface area contributed by atoms with Crippen LogP contribution in [0, 0.1) is 0 Å². The van der Waals surface area contributed by atoms with Gasteiger partial charge in [0.25, 0.3) is 0 Å². The topological polar surface area (TPSA) is 96.6 Å². The maximum absolute atomic E-state index is 12.0. The molecule has 0 aliphatic heterocycles. The molecule has 2 heterocycles. The summed E-state index contributed by atoms with van der Waals surface area (Å²) in [4.78, 5) is 34.3. The van der Waals surface area contributed by atoms with E-state index < -0.39 is 17.4 Å². The van der Waals surface area contributed by atoms with E-state index in [0.29, 0.717) is 4.83 Å². The number of aromatic nitrogens is 1. The van der Waals surface area contributed by atoms with Crippen molar-refractivity contribution in [3.05, 3.63) is 45.6 Å². The average molecular weight is 279 g/mol. The van der Waals surface area contributed by atoms with Gasteiger partial charge >= 0.3 is 11.9 Å². The van der Waals surface area contributed by atoms with Gasteiger partial charge in [0, 0.05) is 12.7 Å². The third-order valence-corrected chi connectivity index (χ3v) is 3.67. The first-order valence-corrected chi connectivity index (χ1v) is 6.01. The summed E-state index contributed by atoms with van der Waals surface area (Å²) in [5, 5.41) is 18.0. The minimum absolute atomic E-state index is 0.00699. The standard InChI is InChI=1S/C12H9NO5S/c1-2-3-13-5-7(11(15)16)9(14)6-4-8(12(17)18)19-10(6)13/h2,4-5H,1,3H2,(H,15,16)(H,17,18). The molecule has 6 nitrogen and oxygen atoms in total. The molecule has 98 valence electrons. The quantitative estimate of drug-likeness (QED) is 0.829. The summed E-state index contributed by atoms with van der Waals surface area (Å²) in [6, 6.07) is 1.21. The van der Waals surface area contributed by atoms with Crippen LogP contribution in [-0.2, 0) is 6.54 Å². The van der Waals surface area contributed by atoms with Gasteiger partial charge in [-0.3, -0.25) is 4.79 Å². The van der Waals surface area contributed by atoms with Crippen LogP contribution in [0.4, 0.5) is 0 Å². The lowest BCUT2D eigenvalue weighted by Crippen LogP contribution is -2.17. The van der Waals surface area contributed by atoms with Crippen LogP contribution in [0.5, 0.6) is 0 Å². The highest BCUT2D eigenvalue weighted by Gasteiger charge is 2.18. The Hall–Kier alpha value is -2.41. The number of rotatable bonds is 4. The van der Waals surface area contributed by atoms with Gasteiger partial charge in [-0.2, -0.15) is 0 Å². The van der Waals surface area contributed by atoms with E-state index in [2.05, 4.69) is 6.58 Å². The molecule has 0 bridgehead atoms. The fraction of sp³-hybridized carbons (Fsp3) is 0.0833. The molecule has 0 fully saturated rings. The molecule has 19 heavy (non-hydrogen) atoms. The van der Waals surface area contributed by atoms with E-state index in [4.69, 9.17) is 10.2 Å². The molecule has 0 aromatic carbocycles. The molecule has 2 aromatic rings. The summed E-state index contributed by atoms with van der Waals surface area (Å²) in [6.45, 7) is 3.83. The maximum Gasteiger partial charge on any atom is 0.345 e. The van der Waals surface area contributed by atoms with Crippen molar-refractivity contribution in [3.63, 3.8) is 0 Å². The van der Waals surface area contributed by atoms with Crippen LogP contribution in [-0.4, -0.2) is 26.7 Å². The highest BCUT2D eigenvalue weighted by Crippen LogP contribution is 2.24. The second kappa shape index (κ2) is 4.69. The molecule has 0 aliphatic carbocycles. The Morgan fingerprint density at radius 3 is 2.58 bits per heavy atom. The molecule has 0 radical (unpaired) electrons. The summed E-state index contributed by atoms with van der Waals surface area (Å²) in [6.07, 6.45) is 2.74. The molecule has 0 unspecified atom stereocenters. The van der Waals surface area contributed by atoms with E-state index in [0.717, 1.165) is 11.3 Å². The van der Waals surface area contributed by atoms with E-state index >= 15 is 0 Å². The predicted molar refractivity (Wildman–Crippen MR) is 70.2 cm³/mol. The van der Waals surface area contributed by atoms with Gasteiger partial charge in [0.1, 0.15) is 15.3 Å². The Kier molecular flexibility index (Phi) is 3.22. The molecular formula is C12H9NO5S. The number of hydrogen-bond acceptors (Lipinski definition) is 4. The van der Waals surface area contributed by atoms with Crippen molar-refractivity contribution in [1.82, 2.24) is 4.57 Å². The minimum atomic E-state index is -1.34. The number of carboxylic acids is 2. The Bertz CT molecular complexity index is 755. The SMILES string of the molecule is C=CCn1cc(C(=O)O)c(=O)c2cc(C(=O)O)sc21. The van der Waals surface area contributed by atoms with Gasteiger partial charge in [-0.1, -0.05) is 6.08 Å². The van der Waals surface area contributed by atoms with E-state index in [1.807, 2.05) is 0 Å². The van der Waals surface area contributed by atoms with Gasteiger partial charge in [-0.15, -0.1) is 17.9 Å². The molecule has 0 atom stereocenters. The van der Waals surface area contributed by atoms with E-state index in [1.165, 1.54) is 22.9 Å². The van der Waals surface area contributed by atoms with Crippen molar-refractivity contribution in [2.75, 3.05) is 0 Å². The maximum atomic E-state index is 12.0. The Morgan fingerprint density at radius 1 is 1.37 bits per heavy atom. The number of hydrogen-bond donors (Lipinski definition) is 2. The average Bonchev–Trinajstić information content (AvgIpc) is 2.78. The van der Waals surface area contributed by atoms with Crippen LogP contribution in [0.2, 0.25) is 0 Å². The van der Waals surface area contributed by atoms with Crippen LogP contribution in [0.15, 0.2) is 29.7 Å². The van der Waals surface area contributed by atoms with Gasteiger partial charge in [-0.25, -0.2) is 9.59 Å². The largest absolute Gasteiger partial charge is 0.477 e.